The maximum Gasteiger partial charge on any atom is 0.164 e. The molecule has 3 rings (SSSR count). The number of hydrogen-bond donors (Lipinski definition) is 0. The van der Waals surface area contributed by atoms with Crippen LogP contribution in [0.4, 0.5) is 5.82 Å². The van der Waals surface area contributed by atoms with Crippen molar-refractivity contribution in [1.82, 2.24) is 4.98 Å². The first kappa shape index (κ1) is 17.4. The second kappa shape index (κ2) is 7.24. The Morgan fingerprint density at radius 1 is 1.08 bits per heavy atom. The Labute approximate surface area is 153 Å². The molecule has 0 aliphatic rings. The van der Waals surface area contributed by atoms with Crippen molar-refractivity contribution in [3.05, 3.63) is 59.1 Å². The number of carbonyl (C=O) groups is 1. The average molecular weight is 353 g/mol. The van der Waals surface area contributed by atoms with Crippen LogP contribution in [0.25, 0.3) is 22.0 Å². The minimum absolute atomic E-state index is 0.0186. The van der Waals surface area contributed by atoms with Crippen molar-refractivity contribution in [3.63, 3.8) is 0 Å². The van der Waals surface area contributed by atoms with Crippen LogP contribution in [0.2, 0.25) is 5.02 Å². The van der Waals surface area contributed by atoms with E-state index in [0.29, 0.717) is 10.6 Å². The summed E-state index contributed by atoms with van der Waals surface area (Å²) in [5, 5.41) is 1.58. The van der Waals surface area contributed by atoms with Gasteiger partial charge in [-0.3, -0.25) is 4.79 Å². The fourth-order valence-corrected chi connectivity index (χ4v) is 3.38. The summed E-state index contributed by atoms with van der Waals surface area (Å²) in [6.07, 6.45) is 0. The van der Waals surface area contributed by atoms with Crippen LogP contribution in [0, 0.1) is 0 Å². The maximum atomic E-state index is 12.6. The lowest BCUT2D eigenvalue weighted by Gasteiger charge is -2.25. The lowest BCUT2D eigenvalue weighted by Crippen LogP contribution is -2.25. The molecule has 2 aromatic carbocycles. The second-order valence-corrected chi connectivity index (χ2v) is 6.38. The number of hydrogen-bond acceptors (Lipinski definition) is 3. The van der Waals surface area contributed by atoms with Gasteiger partial charge >= 0.3 is 0 Å². The molecule has 0 atom stereocenters. The molecule has 0 aliphatic carbocycles. The normalized spacial score (nSPS) is 10.9. The van der Waals surface area contributed by atoms with E-state index < -0.39 is 0 Å². The largest absolute Gasteiger partial charge is 0.357 e. The third-order valence-electron chi connectivity index (χ3n) is 4.41. The molecule has 0 unspecified atom stereocenters. The van der Waals surface area contributed by atoms with Crippen molar-refractivity contribution in [1.29, 1.82) is 0 Å². The van der Waals surface area contributed by atoms with Gasteiger partial charge in [0.2, 0.25) is 0 Å². The number of halogens is 1. The number of rotatable bonds is 5. The van der Waals surface area contributed by atoms with Gasteiger partial charge < -0.3 is 4.90 Å². The summed E-state index contributed by atoms with van der Waals surface area (Å²) in [6.45, 7) is 7.31. The number of carbonyl (C=O) groups excluding carboxylic acids is 1. The molecule has 25 heavy (non-hydrogen) atoms. The number of benzene rings is 2. The predicted octanol–water partition coefficient (Wildman–Crippen LogP) is 5.60. The molecule has 3 aromatic rings. The topological polar surface area (TPSA) is 33.2 Å². The third-order valence-corrected chi connectivity index (χ3v) is 4.64. The molecule has 1 heterocycles. The summed E-state index contributed by atoms with van der Waals surface area (Å²) in [4.78, 5) is 19.5. The van der Waals surface area contributed by atoms with E-state index in [-0.39, 0.29) is 5.78 Å². The van der Waals surface area contributed by atoms with Crippen LogP contribution in [-0.2, 0) is 0 Å². The summed E-state index contributed by atoms with van der Waals surface area (Å²) < 4.78 is 0. The highest BCUT2D eigenvalue weighted by atomic mass is 35.5. The third kappa shape index (κ3) is 3.24. The standard InChI is InChI=1S/C21H21ClN2O/c1-4-24(5-2)21-19(14(3)25)20(15-9-7-6-8-10-15)17-12-11-16(22)13-18(17)23-21/h6-13H,4-5H2,1-3H3. The molecular formula is C21H21ClN2O. The average Bonchev–Trinajstić information content (AvgIpc) is 2.62. The van der Waals surface area contributed by atoms with Crippen molar-refractivity contribution in [2.75, 3.05) is 18.0 Å². The Kier molecular flexibility index (Phi) is 5.05. The molecule has 128 valence electrons. The first-order chi connectivity index (χ1) is 12.1. The fraction of sp³-hybridized carbons (Fsp3) is 0.238. The molecule has 0 aliphatic heterocycles. The van der Waals surface area contributed by atoms with Crippen LogP contribution in [-0.4, -0.2) is 23.9 Å². The summed E-state index contributed by atoms with van der Waals surface area (Å²) in [5.41, 5.74) is 3.41. The molecule has 1 aromatic heterocycles. The number of fused-ring (bicyclic) bond motifs is 1. The molecule has 0 saturated heterocycles. The van der Waals surface area contributed by atoms with E-state index in [4.69, 9.17) is 16.6 Å². The first-order valence-corrected chi connectivity index (χ1v) is 8.89. The van der Waals surface area contributed by atoms with Crippen molar-refractivity contribution >= 4 is 34.1 Å². The minimum Gasteiger partial charge on any atom is -0.357 e. The Morgan fingerprint density at radius 2 is 1.76 bits per heavy atom. The highest BCUT2D eigenvalue weighted by molar-refractivity contribution is 6.31. The minimum atomic E-state index is 0.0186. The van der Waals surface area contributed by atoms with Gasteiger partial charge in [-0.1, -0.05) is 48.0 Å². The quantitative estimate of drug-likeness (QED) is 0.560. The summed E-state index contributed by atoms with van der Waals surface area (Å²) >= 11 is 6.20. The monoisotopic (exact) mass is 352 g/mol. The van der Waals surface area contributed by atoms with Crippen molar-refractivity contribution in [2.45, 2.75) is 20.8 Å². The zero-order valence-corrected chi connectivity index (χ0v) is 15.5. The molecule has 0 amide bonds. The summed E-state index contributed by atoms with van der Waals surface area (Å²) in [6, 6.07) is 15.7. The maximum absolute atomic E-state index is 12.6. The highest BCUT2D eigenvalue weighted by Gasteiger charge is 2.22. The Hall–Kier alpha value is -2.39. The lowest BCUT2D eigenvalue weighted by molar-refractivity contribution is 0.101. The van der Waals surface area contributed by atoms with Gasteiger partial charge in [-0.2, -0.15) is 0 Å². The van der Waals surface area contributed by atoms with Gasteiger partial charge in [0.05, 0.1) is 11.1 Å². The molecule has 0 N–H and O–H groups in total. The zero-order valence-electron chi connectivity index (χ0n) is 14.7. The Bertz CT molecular complexity index is 918. The molecule has 0 spiro atoms. The van der Waals surface area contributed by atoms with E-state index in [1.807, 2.05) is 48.5 Å². The van der Waals surface area contributed by atoms with E-state index in [9.17, 15) is 4.79 Å². The van der Waals surface area contributed by atoms with E-state index in [0.717, 1.165) is 40.9 Å². The molecule has 4 heteroatoms. The Morgan fingerprint density at radius 3 is 2.36 bits per heavy atom. The first-order valence-electron chi connectivity index (χ1n) is 8.51. The molecule has 0 saturated carbocycles. The molecule has 0 bridgehead atoms. The number of aromatic nitrogens is 1. The van der Waals surface area contributed by atoms with Crippen LogP contribution in [0.1, 0.15) is 31.1 Å². The van der Waals surface area contributed by atoms with E-state index in [1.54, 1.807) is 6.92 Å². The number of Topliss-reactive ketones (excluding diaryl/α,β-unsaturated/α-hetero) is 1. The van der Waals surface area contributed by atoms with Crippen LogP contribution in [0.15, 0.2) is 48.5 Å². The number of nitrogens with zero attached hydrogens (tertiary/aromatic N) is 2. The fourth-order valence-electron chi connectivity index (χ4n) is 3.22. The number of pyridine rings is 1. The summed E-state index contributed by atoms with van der Waals surface area (Å²) in [5.74, 6) is 0.747. The van der Waals surface area contributed by atoms with Gasteiger partial charge in [0.15, 0.2) is 5.78 Å². The molecule has 0 radical (unpaired) electrons. The van der Waals surface area contributed by atoms with Gasteiger partial charge in [0.25, 0.3) is 0 Å². The van der Waals surface area contributed by atoms with Gasteiger partial charge in [-0.25, -0.2) is 4.98 Å². The van der Waals surface area contributed by atoms with Crippen molar-refractivity contribution < 1.29 is 4.79 Å². The molecule has 0 fully saturated rings. The van der Waals surface area contributed by atoms with E-state index >= 15 is 0 Å². The van der Waals surface area contributed by atoms with Gasteiger partial charge in [-0.15, -0.1) is 0 Å². The van der Waals surface area contributed by atoms with Crippen molar-refractivity contribution in [3.8, 4) is 11.1 Å². The van der Waals surface area contributed by atoms with Crippen LogP contribution in [0.3, 0.4) is 0 Å². The van der Waals surface area contributed by atoms with Crippen LogP contribution >= 0.6 is 11.6 Å². The second-order valence-electron chi connectivity index (χ2n) is 5.94. The lowest BCUT2D eigenvalue weighted by atomic mass is 9.93. The smallest absolute Gasteiger partial charge is 0.164 e. The van der Waals surface area contributed by atoms with Gasteiger partial charge in [0, 0.05) is 29.1 Å². The van der Waals surface area contributed by atoms with Crippen molar-refractivity contribution in [2.24, 2.45) is 0 Å². The highest BCUT2D eigenvalue weighted by Crippen LogP contribution is 2.37. The molecule has 3 nitrogen and oxygen atoms in total. The SMILES string of the molecule is CCN(CC)c1nc2cc(Cl)ccc2c(-c2ccccc2)c1C(C)=O. The molecular weight excluding hydrogens is 332 g/mol. The van der Waals surface area contributed by atoms with Gasteiger partial charge in [0.1, 0.15) is 5.82 Å². The summed E-state index contributed by atoms with van der Waals surface area (Å²) in [7, 11) is 0. The number of ketones is 1. The van der Waals surface area contributed by atoms with E-state index in [1.165, 1.54) is 0 Å². The van der Waals surface area contributed by atoms with E-state index in [2.05, 4.69) is 18.7 Å². The van der Waals surface area contributed by atoms with Crippen LogP contribution in [0.5, 0.6) is 0 Å². The number of anilines is 1. The van der Waals surface area contributed by atoms with Crippen LogP contribution < -0.4 is 4.90 Å². The Balaban J connectivity index is 2.48. The van der Waals surface area contributed by atoms with Gasteiger partial charge in [-0.05, 0) is 38.5 Å². The zero-order chi connectivity index (χ0) is 18.0. The predicted molar refractivity (Wildman–Crippen MR) is 106 cm³/mol.